The Bertz CT molecular complexity index is 115. The lowest BCUT2D eigenvalue weighted by molar-refractivity contribution is -0.159. The van der Waals surface area contributed by atoms with E-state index in [1.165, 1.54) is 7.05 Å². The number of unbranched alkanes of at least 4 members (excludes halogenated alkanes) is 2. The van der Waals surface area contributed by atoms with E-state index in [0.29, 0.717) is 18.0 Å². The van der Waals surface area contributed by atoms with E-state index in [-0.39, 0.29) is 5.91 Å². The summed E-state index contributed by atoms with van der Waals surface area (Å²) in [4.78, 5) is 10.8. The van der Waals surface area contributed by atoms with Gasteiger partial charge in [-0.25, -0.2) is 5.06 Å². The molecule has 0 heterocycles. The van der Waals surface area contributed by atoms with E-state index in [9.17, 15) is 4.79 Å². The van der Waals surface area contributed by atoms with Crippen molar-refractivity contribution in [3.05, 3.63) is 0 Å². The summed E-state index contributed by atoms with van der Waals surface area (Å²) in [5.41, 5.74) is 5.26. The average molecular weight is 160 g/mol. The molecule has 0 unspecified atom stereocenters. The topological polar surface area (TPSA) is 66.6 Å². The van der Waals surface area contributed by atoms with Gasteiger partial charge in [0.15, 0.2) is 0 Å². The molecule has 0 aliphatic rings. The summed E-state index contributed by atoms with van der Waals surface area (Å²) < 4.78 is 0. The molecule has 0 aliphatic heterocycles. The molecule has 0 fully saturated rings. The summed E-state index contributed by atoms with van der Waals surface area (Å²) >= 11 is 0. The standard InChI is InChI=1S/C7H16N2O2/c1-9(11)7(10)5-3-2-4-6-8/h11H,2-6,8H2,1H3. The van der Waals surface area contributed by atoms with E-state index in [4.69, 9.17) is 10.9 Å². The third-order valence-electron chi connectivity index (χ3n) is 1.46. The van der Waals surface area contributed by atoms with E-state index >= 15 is 0 Å². The van der Waals surface area contributed by atoms with Crippen LogP contribution in [0.4, 0.5) is 0 Å². The Balaban J connectivity index is 3.18. The predicted octanol–water partition coefficient (Wildman–Crippen LogP) is 0.353. The average Bonchev–Trinajstić information content (AvgIpc) is 1.97. The highest BCUT2D eigenvalue weighted by Gasteiger charge is 2.03. The Morgan fingerprint density at radius 3 is 2.55 bits per heavy atom. The van der Waals surface area contributed by atoms with Crippen LogP contribution >= 0.6 is 0 Å². The van der Waals surface area contributed by atoms with Crippen molar-refractivity contribution >= 4 is 5.91 Å². The molecule has 0 aromatic carbocycles. The van der Waals surface area contributed by atoms with Crippen molar-refractivity contribution in [1.29, 1.82) is 0 Å². The lowest BCUT2D eigenvalue weighted by Gasteiger charge is -2.06. The molecule has 0 aliphatic carbocycles. The van der Waals surface area contributed by atoms with Crippen LogP contribution in [0.3, 0.4) is 0 Å². The van der Waals surface area contributed by atoms with E-state index in [1.54, 1.807) is 0 Å². The SMILES string of the molecule is CN(O)C(=O)CCCCCN. The van der Waals surface area contributed by atoms with E-state index in [2.05, 4.69) is 0 Å². The number of carbonyl (C=O) groups is 1. The molecule has 1 amide bonds. The Morgan fingerprint density at radius 1 is 1.45 bits per heavy atom. The van der Waals surface area contributed by atoms with Gasteiger partial charge in [0.1, 0.15) is 0 Å². The van der Waals surface area contributed by atoms with Gasteiger partial charge in [0.25, 0.3) is 0 Å². The fourth-order valence-electron chi connectivity index (χ4n) is 0.759. The van der Waals surface area contributed by atoms with Crippen molar-refractivity contribution in [2.75, 3.05) is 13.6 Å². The highest BCUT2D eigenvalue weighted by Crippen LogP contribution is 1.99. The summed E-state index contributed by atoms with van der Waals surface area (Å²) in [5, 5.41) is 9.26. The second kappa shape index (κ2) is 6.12. The summed E-state index contributed by atoms with van der Waals surface area (Å²) in [7, 11) is 1.34. The van der Waals surface area contributed by atoms with Crippen LogP contribution in [-0.4, -0.2) is 29.8 Å². The number of hydrogen-bond donors (Lipinski definition) is 2. The molecule has 0 aromatic rings. The van der Waals surface area contributed by atoms with Gasteiger partial charge in [-0.05, 0) is 19.4 Å². The van der Waals surface area contributed by atoms with Crippen LogP contribution in [0.5, 0.6) is 0 Å². The quantitative estimate of drug-likeness (QED) is 0.346. The fourth-order valence-corrected chi connectivity index (χ4v) is 0.759. The second-order valence-corrected chi connectivity index (χ2v) is 2.52. The lowest BCUT2D eigenvalue weighted by atomic mass is 10.2. The monoisotopic (exact) mass is 160 g/mol. The minimum Gasteiger partial charge on any atom is -0.330 e. The summed E-state index contributed by atoms with van der Waals surface area (Å²) in [6.45, 7) is 0.670. The summed E-state index contributed by atoms with van der Waals surface area (Å²) in [6.07, 6.45) is 3.12. The van der Waals surface area contributed by atoms with Crippen molar-refractivity contribution in [3.63, 3.8) is 0 Å². The molecular formula is C7H16N2O2. The second-order valence-electron chi connectivity index (χ2n) is 2.52. The van der Waals surface area contributed by atoms with Crippen LogP contribution in [0.1, 0.15) is 25.7 Å². The number of hydroxylamine groups is 2. The largest absolute Gasteiger partial charge is 0.330 e. The third kappa shape index (κ3) is 5.82. The van der Waals surface area contributed by atoms with Crippen molar-refractivity contribution < 1.29 is 10.0 Å². The Hall–Kier alpha value is -0.610. The van der Waals surface area contributed by atoms with Crippen molar-refractivity contribution in [2.45, 2.75) is 25.7 Å². The number of hydrogen-bond acceptors (Lipinski definition) is 3. The maximum Gasteiger partial charge on any atom is 0.245 e. The molecule has 0 saturated carbocycles. The van der Waals surface area contributed by atoms with Crippen LogP contribution in [0.25, 0.3) is 0 Å². The highest BCUT2D eigenvalue weighted by molar-refractivity contribution is 5.74. The van der Waals surface area contributed by atoms with Crippen LogP contribution in [0.2, 0.25) is 0 Å². The van der Waals surface area contributed by atoms with Gasteiger partial charge in [-0.2, -0.15) is 0 Å². The molecule has 0 bridgehead atoms. The van der Waals surface area contributed by atoms with Crippen LogP contribution in [0.15, 0.2) is 0 Å². The van der Waals surface area contributed by atoms with E-state index in [0.717, 1.165) is 19.3 Å². The molecule has 0 atom stereocenters. The zero-order valence-corrected chi connectivity index (χ0v) is 6.92. The number of rotatable bonds is 5. The lowest BCUT2D eigenvalue weighted by Crippen LogP contribution is -2.21. The minimum absolute atomic E-state index is 0.234. The highest BCUT2D eigenvalue weighted by atomic mass is 16.5. The molecular weight excluding hydrogens is 144 g/mol. The molecule has 4 heteroatoms. The van der Waals surface area contributed by atoms with Gasteiger partial charge in [-0.1, -0.05) is 6.42 Å². The Labute approximate surface area is 66.9 Å². The van der Waals surface area contributed by atoms with Gasteiger partial charge in [0.2, 0.25) is 5.91 Å². The summed E-state index contributed by atoms with van der Waals surface area (Å²) in [6, 6.07) is 0. The van der Waals surface area contributed by atoms with Gasteiger partial charge >= 0.3 is 0 Å². The Kier molecular flexibility index (Phi) is 5.78. The van der Waals surface area contributed by atoms with Crippen LogP contribution < -0.4 is 5.73 Å². The molecule has 11 heavy (non-hydrogen) atoms. The minimum atomic E-state index is -0.234. The van der Waals surface area contributed by atoms with Crippen LogP contribution in [-0.2, 0) is 4.79 Å². The predicted molar refractivity (Wildman–Crippen MR) is 42.1 cm³/mol. The molecule has 0 aromatic heterocycles. The van der Waals surface area contributed by atoms with Crippen molar-refractivity contribution in [1.82, 2.24) is 5.06 Å². The molecule has 0 saturated heterocycles. The normalized spacial score (nSPS) is 9.73. The van der Waals surface area contributed by atoms with Gasteiger partial charge in [-0.15, -0.1) is 0 Å². The molecule has 0 spiro atoms. The van der Waals surface area contributed by atoms with Crippen molar-refractivity contribution in [2.24, 2.45) is 5.73 Å². The first-order chi connectivity index (χ1) is 5.18. The fraction of sp³-hybridized carbons (Fsp3) is 0.857. The smallest absolute Gasteiger partial charge is 0.245 e. The Morgan fingerprint density at radius 2 is 2.09 bits per heavy atom. The number of nitrogens with zero attached hydrogens (tertiary/aromatic N) is 1. The third-order valence-corrected chi connectivity index (χ3v) is 1.46. The molecule has 66 valence electrons. The maximum atomic E-state index is 10.8. The van der Waals surface area contributed by atoms with Gasteiger partial charge in [0, 0.05) is 13.5 Å². The first-order valence-electron chi connectivity index (χ1n) is 3.84. The first kappa shape index (κ1) is 10.4. The van der Waals surface area contributed by atoms with Gasteiger partial charge < -0.3 is 5.73 Å². The van der Waals surface area contributed by atoms with Gasteiger partial charge in [-0.3, -0.25) is 10.0 Å². The van der Waals surface area contributed by atoms with Gasteiger partial charge in [0.05, 0.1) is 0 Å². The number of carbonyl (C=O) groups excluding carboxylic acids is 1. The molecule has 4 nitrogen and oxygen atoms in total. The zero-order chi connectivity index (χ0) is 8.69. The summed E-state index contributed by atoms with van der Waals surface area (Å²) in [5.74, 6) is -0.234. The maximum absolute atomic E-state index is 10.8. The molecule has 3 N–H and O–H groups in total. The van der Waals surface area contributed by atoms with E-state index in [1.807, 2.05) is 0 Å². The molecule has 0 rings (SSSR count). The molecule has 0 radical (unpaired) electrons. The van der Waals surface area contributed by atoms with Crippen LogP contribution in [0, 0.1) is 0 Å². The zero-order valence-electron chi connectivity index (χ0n) is 6.92. The van der Waals surface area contributed by atoms with E-state index < -0.39 is 0 Å². The first-order valence-corrected chi connectivity index (χ1v) is 3.84. The van der Waals surface area contributed by atoms with Crippen molar-refractivity contribution in [3.8, 4) is 0 Å². The number of nitrogens with two attached hydrogens (primary N) is 1. The number of amides is 1.